The van der Waals surface area contributed by atoms with Crippen LogP contribution in [-0.2, 0) is 0 Å². The first-order valence-electron chi connectivity index (χ1n) is 5.53. The summed E-state index contributed by atoms with van der Waals surface area (Å²) in [5, 5.41) is 15.9. The molecular formula is C10H19ClN6O. The van der Waals surface area contributed by atoms with Crippen LogP contribution >= 0.6 is 11.6 Å². The number of rotatable bonds is 6. The van der Waals surface area contributed by atoms with Gasteiger partial charge in [0.05, 0.1) is 5.60 Å². The minimum Gasteiger partial charge on any atom is -0.387 e. The van der Waals surface area contributed by atoms with Gasteiger partial charge in [-0.05, 0) is 32.6 Å². The average Bonchev–Trinajstić information content (AvgIpc) is 2.24. The van der Waals surface area contributed by atoms with Crippen molar-refractivity contribution in [3.8, 4) is 0 Å². The zero-order valence-corrected chi connectivity index (χ0v) is 11.8. The van der Waals surface area contributed by atoms with E-state index in [0.29, 0.717) is 25.0 Å². The van der Waals surface area contributed by atoms with Crippen LogP contribution < -0.4 is 10.6 Å². The molecule has 1 atom stereocenters. The van der Waals surface area contributed by atoms with E-state index in [4.69, 9.17) is 11.6 Å². The third-order valence-corrected chi connectivity index (χ3v) is 2.28. The van der Waals surface area contributed by atoms with Crippen LogP contribution in [0.5, 0.6) is 0 Å². The van der Waals surface area contributed by atoms with E-state index in [9.17, 15) is 5.11 Å². The zero-order chi connectivity index (χ0) is 13.8. The van der Waals surface area contributed by atoms with Gasteiger partial charge >= 0.3 is 0 Å². The van der Waals surface area contributed by atoms with Gasteiger partial charge in [0.15, 0.2) is 0 Å². The van der Waals surface area contributed by atoms with Crippen molar-refractivity contribution < 1.29 is 5.11 Å². The van der Waals surface area contributed by atoms with E-state index in [1.165, 1.54) is 0 Å². The zero-order valence-electron chi connectivity index (χ0n) is 11.0. The fourth-order valence-electron chi connectivity index (χ4n) is 1.55. The second kappa shape index (κ2) is 6.12. The van der Waals surface area contributed by atoms with Gasteiger partial charge < -0.3 is 20.6 Å². The number of hydrogen-bond donors (Lipinski definition) is 3. The lowest BCUT2D eigenvalue weighted by molar-refractivity contribution is 0.0458. The molecule has 1 heterocycles. The molecule has 0 bridgehead atoms. The van der Waals surface area contributed by atoms with E-state index < -0.39 is 5.60 Å². The van der Waals surface area contributed by atoms with Gasteiger partial charge in [0.2, 0.25) is 17.2 Å². The summed E-state index contributed by atoms with van der Waals surface area (Å²) in [6.07, 6.45) is 0. The molecule has 8 heteroatoms. The Morgan fingerprint density at radius 1 is 1.28 bits per heavy atom. The molecule has 0 aliphatic carbocycles. The minimum absolute atomic E-state index is 0.101. The number of likely N-dealkylation sites (N-methyl/N-ethyl adjacent to an activating group) is 1. The van der Waals surface area contributed by atoms with Crippen molar-refractivity contribution in [1.29, 1.82) is 0 Å². The highest BCUT2D eigenvalue weighted by Crippen LogP contribution is 2.11. The van der Waals surface area contributed by atoms with E-state index in [1.807, 2.05) is 19.0 Å². The van der Waals surface area contributed by atoms with Crippen LogP contribution in [0.2, 0.25) is 5.28 Å². The molecule has 0 aliphatic rings. The molecular weight excluding hydrogens is 256 g/mol. The molecule has 1 unspecified atom stereocenters. The standard InChI is InChI=1S/C10H19ClN6O/c1-10(18,6-17(3)4)5-13-9-15-7(11)14-8(12-2)16-9/h18H,5-6H2,1-4H3,(H2,12,13,14,15,16). The van der Waals surface area contributed by atoms with Gasteiger partial charge in [-0.25, -0.2) is 0 Å². The second-order valence-corrected chi connectivity index (χ2v) is 4.93. The largest absolute Gasteiger partial charge is 0.387 e. The molecule has 1 aromatic rings. The third kappa shape index (κ3) is 4.99. The summed E-state index contributed by atoms with van der Waals surface area (Å²) in [5.41, 5.74) is -0.886. The topological polar surface area (TPSA) is 86.2 Å². The van der Waals surface area contributed by atoms with Gasteiger partial charge in [0, 0.05) is 20.1 Å². The number of anilines is 2. The Morgan fingerprint density at radius 2 is 1.89 bits per heavy atom. The van der Waals surface area contributed by atoms with Crippen molar-refractivity contribution in [2.75, 3.05) is 44.9 Å². The van der Waals surface area contributed by atoms with Crippen molar-refractivity contribution in [3.05, 3.63) is 5.28 Å². The first-order valence-corrected chi connectivity index (χ1v) is 5.90. The maximum Gasteiger partial charge on any atom is 0.228 e. The van der Waals surface area contributed by atoms with Crippen LogP contribution in [0.25, 0.3) is 0 Å². The van der Waals surface area contributed by atoms with Gasteiger partial charge in [-0.3, -0.25) is 0 Å². The van der Waals surface area contributed by atoms with E-state index in [2.05, 4.69) is 25.6 Å². The molecule has 0 aromatic carbocycles. The van der Waals surface area contributed by atoms with Gasteiger partial charge in [-0.2, -0.15) is 15.0 Å². The van der Waals surface area contributed by atoms with Gasteiger partial charge in [-0.1, -0.05) is 0 Å². The first-order chi connectivity index (χ1) is 8.32. The Bertz CT molecular complexity index is 398. The van der Waals surface area contributed by atoms with E-state index >= 15 is 0 Å². The van der Waals surface area contributed by atoms with Crippen molar-refractivity contribution in [3.63, 3.8) is 0 Å². The van der Waals surface area contributed by atoms with E-state index in [-0.39, 0.29) is 5.28 Å². The van der Waals surface area contributed by atoms with Crippen LogP contribution in [0.3, 0.4) is 0 Å². The normalized spacial score (nSPS) is 14.4. The predicted molar refractivity (Wildman–Crippen MR) is 72.1 cm³/mol. The molecule has 1 rings (SSSR count). The van der Waals surface area contributed by atoms with Crippen LogP contribution in [0, 0.1) is 0 Å². The Labute approximate surface area is 112 Å². The summed E-state index contributed by atoms with van der Waals surface area (Å²) in [6.45, 7) is 2.58. The number of nitrogens with one attached hydrogen (secondary N) is 2. The summed E-state index contributed by atoms with van der Waals surface area (Å²) in [5.74, 6) is 0.711. The van der Waals surface area contributed by atoms with Gasteiger partial charge in [0.1, 0.15) is 0 Å². The summed E-state index contributed by atoms with van der Waals surface area (Å²) in [4.78, 5) is 13.8. The number of nitrogens with zero attached hydrogens (tertiary/aromatic N) is 4. The monoisotopic (exact) mass is 274 g/mol. The molecule has 0 saturated heterocycles. The van der Waals surface area contributed by atoms with Crippen molar-refractivity contribution in [1.82, 2.24) is 19.9 Å². The van der Waals surface area contributed by atoms with E-state index in [0.717, 1.165) is 0 Å². The molecule has 0 spiro atoms. The summed E-state index contributed by atoms with van der Waals surface area (Å²) < 4.78 is 0. The Morgan fingerprint density at radius 3 is 2.44 bits per heavy atom. The Kier molecular flexibility index (Phi) is 5.06. The summed E-state index contributed by atoms with van der Waals surface area (Å²) in [6, 6.07) is 0. The smallest absolute Gasteiger partial charge is 0.228 e. The molecule has 3 N–H and O–H groups in total. The fraction of sp³-hybridized carbons (Fsp3) is 0.700. The highest BCUT2D eigenvalue weighted by Gasteiger charge is 2.21. The number of aliphatic hydroxyl groups is 1. The highest BCUT2D eigenvalue weighted by molar-refractivity contribution is 6.28. The van der Waals surface area contributed by atoms with Crippen molar-refractivity contribution in [2.24, 2.45) is 0 Å². The highest BCUT2D eigenvalue weighted by atomic mass is 35.5. The van der Waals surface area contributed by atoms with Crippen LogP contribution in [-0.4, -0.2) is 64.8 Å². The molecule has 0 radical (unpaired) electrons. The van der Waals surface area contributed by atoms with Crippen molar-refractivity contribution in [2.45, 2.75) is 12.5 Å². The molecule has 0 fully saturated rings. The lowest BCUT2D eigenvalue weighted by Gasteiger charge is -2.27. The first kappa shape index (κ1) is 14.9. The molecule has 0 amide bonds. The lowest BCUT2D eigenvalue weighted by atomic mass is 10.1. The second-order valence-electron chi connectivity index (χ2n) is 4.59. The molecule has 0 saturated carbocycles. The maximum atomic E-state index is 10.1. The van der Waals surface area contributed by atoms with Crippen molar-refractivity contribution >= 4 is 23.5 Å². The average molecular weight is 275 g/mol. The Balaban J connectivity index is 2.65. The summed E-state index contributed by atoms with van der Waals surface area (Å²) >= 11 is 5.75. The Hall–Kier alpha value is -1.18. The molecule has 18 heavy (non-hydrogen) atoms. The van der Waals surface area contributed by atoms with Gasteiger partial charge in [-0.15, -0.1) is 0 Å². The number of aromatic nitrogens is 3. The van der Waals surface area contributed by atoms with Gasteiger partial charge in [0.25, 0.3) is 0 Å². The lowest BCUT2D eigenvalue weighted by Crippen LogP contribution is -2.43. The van der Waals surface area contributed by atoms with Crippen LogP contribution in [0.1, 0.15) is 6.92 Å². The number of halogens is 1. The van der Waals surface area contributed by atoms with Crippen LogP contribution in [0.15, 0.2) is 0 Å². The molecule has 0 aliphatic heterocycles. The minimum atomic E-state index is -0.886. The van der Waals surface area contributed by atoms with E-state index in [1.54, 1.807) is 14.0 Å². The number of hydrogen-bond acceptors (Lipinski definition) is 7. The quantitative estimate of drug-likeness (QED) is 0.687. The third-order valence-electron chi connectivity index (χ3n) is 2.12. The fourth-order valence-corrected chi connectivity index (χ4v) is 1.71. The maximum absolute atomic E-state index is 10.1. The molecule has 1 aromatic heterocycles. The van der Waals surface area contributed by atoms with Crippen LogP contribution in [0.4, 0.5) is 11.9 Å². The molecule has 102 valence electrons. The predicted octanol–water partition coefficient (Wildman–Crippen LogP) is 0.291. The molecule has 7 nitrogen and oxygen atoms in total. The SMILES string of the molecule is CNc1nc(Cl)nc(NCC(C)(O)CN(C)C)n1. The summed E-state index contributed by atoms with van der Waals surface area (Å²) in [7, 11) is 5.48.